The standard InChI is InChI=1S/C29H35N5O4/c1-29(2,3)33-15-13-32(14-16-33)18-20-9-7-19(8-10-20)17-30-22-6-4-5-21-25(22)28(38)34(27(21)37)23-11-12-24(35)31-26(23)36/h4-10,23,30H,11-18H2,1-3H3,(H,31,35,36). The first-order valence-electron chi connectivity index (χ1n) is 13.3. The molecule has 38 heavy (non-hydrogen) atoms. The Hall–Kier alpha value is -3.56. The average Bonchev–Trinajstić information content (AvgIpc) is 3.14. The molecule has 5 rings (SSSR count). The fraction of sp³-hybridized carbons (Fsp3) is 0.448. The van der Waals surface area contributed by atoms with Crippen molar-refractivity contribution in [1.82, 2.24) is 20.0 Å². The van der Waals surface area contributed by atoms with Gasteiger partial charge in [-0.2, -0.15) is 0 Å². The third kappa shape index (κ3) is 5.21. The monoisotopic (exact) mass is 517 g/mol. The maximum absolute atomic E-state index is 13.3. The second-order valence-corrected chi connectivity index (χ2v) is 11.3. The van der Waals surface area contributed by atoms with E-state index in [1.54, 1.807) is 18.2 Å². The smallest absolute Gasteiger partial charge is 0.264 e. The fourth-order valence-electron chi connectivity index (χ4n) is 5.46. The molecule has 3 aliphatic heterocycles. The summed E-state index contributed by atoms with van der Waals surface area (Å²) < 4.78 is 0. The third-order valence-corrected chi connectivity index (χ3v) is 7.70. The van der Waals surface area contributed by atoms with Crippen LogP contribution in [0.3, 0.4) is 0 Å². The molecule has 1 unspecified atom stereocenters. The van der Waals surface area contributed by atoms with Crippen LogP contribution in [-0.2, 0) is 22.7 Å². The predicted molar refractivity (Wildman–Crippen MR) is 143 cm³/mol. The maximum atomic E-state index is 13.3. The SMILES string of the molecule is CC(C)(C)N1CCN(Cc2ccc(CNc3cccc4c3C(=O)N(C3CCC(=O)NC3=O)C4=O)cc2)CC1. The van der Waals surface area contributed by atoms with Crippen molar-refractivity contribution in [2.24, 2.45) is 0 Å². The Morgan fingerprint density at radius 2 is 1.58 bits per heavy atom. The molecular formula is C29H35N5O4. The Labute approximate surface area is 223 Å². The van der Waals surface area contributed by atoms with Gasteiger partial charge in [-0.15, -0.1) is 0 Å². The summed E-state index contributed by atoms with van der Waals surface area (Å²) in [7, 11) is 0. The van der Waals surface area contributed by atoms with Crippen LogP contribution >= 0.6 is 0 Å². The van der Waals surface area contributed by atoms with Gasteiger partial charge in [-0.05, 0) is 50.5 Å². The van der Waals surface area contributed by atoms with Gasteiger partial charge in [-0.1, -0.05) is 30.3 Å². The number of rotatable bonds is 6. The van der Waals surface area contributed by atoms with Crippen LogP contribution in [0, 0.1) is 0 Å². The molecule has 2 aromatic carbocycles. The summed E-state index contributed by atoms with van der Waals surface area (Å²) in [6.07, 6.45) is 0.232. The zero-order valence-corrected chi connectivity index (χ0v) is 22.3. The molecule has 4 amide bonds. The van der Waals surface area contributed by atoms with E-state index in [9.17, 15) is 19.2 Å². The lowest BCUT2D eigenvalue weighted by Gasteiger charge is -2.42. The summed E-state index contributed by atoms with van der Waals surface area (Å²) in [5, 5.41) is 5.53. The van der Waals surface area contributed by atoms with Crippen LogP contribution in [0.25, 0.3) is 0 Å². The molecule has 0 radical (unpaired) electrons. The van der Waals surface area contributed by atoms with Crippen molar-refractivity contribution in [1.29, 1.82) is 0 Å². The van der Waals surface area contributed by atoms with Crippen LogP contribution in [0.2, 0.25) is 0 Å². The number of hydrogen-bond donors (Lipinski definition) is 2. The molecule has 9 nitrogen and oxygen atoms in total. The minimum absolute atomic E-state index is 0.0953. The van der Waals surface area contributed by atoms with Crippen LogP contribution in [0.4, 0.5) is 5.69 Å². The van der Waals surface area contributed by atoms with Crippen molar-refractivity contribution < 1.29 is 19.2 Å². The highest BCUT2D eigenvalue weighted by Crippen LogP contribution is 2.32. The van der Waals surface area contributed by atoms with Gasteiger partial charge in [0.1, 0.15) is 6.04 Å². The largest absolute Gasteiger partial charge is 0.380 e. The third-order valence-electron chi connectivity index (χ3n) is 7.70. The van der Waals surface area contributed by atoms with Gasteiger partial charge < -0.3 is 5.32 Å². The molecular weight excluding hydrogens is 482 g/mol. The van der Waals surface area contributed by atoms with Gasteiger partial charge in [0, 0.05) is 56.9 Å². The summed E-state index contributed by atoms with van der Waals surface area (Å²) in [5.74, 6) is -2.01. The van der Waals surface area contributed by atoms with Gasteiger partial charge in [0.25, 0.3) is 11.8 Å². The first-order valence-corrected chi connectivity index (χ1v) is 13.3. The Bertz CT molecular complexity index is 1260. The van der Waals surface area contributed by atoms with E-state index < -0.39 is 23.8 Å². The molecule has 0 bridgehead atoms. The minimum atomic E-state index is -0.975. The van der Waals surface area contributed by atoms with Crippen molar-refractivity contribution in [3.63, 3.8) is 0 Å². The van der Waals surface area contributed by atoms with E-state index in [1.807, 2.05) is 0 Å². The quantitative estimate of drug-likeness (QED) is 0.568. The van der Waals surface area contributed by atoms with E-state index in [2.05, 4.69) is 65.5 Å². The van der Waals surface area contributed by atoms with Crippen molar-refractivity contribution in [2.45, 2.75) is 58.3 Å². The van der Waals surface area contributed by atoms with Gasteiger partial charge in [-0.25, -0.2) is 0 Å². The van der Waals surface area contributed by atoms with Crippen molar-refractivity contribution >= 4 is 29.3 Å². The summed E-state index contributed by atoms with van der Waals surface area (Å²) in [4.78, 5) is 56.2. The van der Waals surface area contributed by atoms with Crippen molar-refractivity contribution in [3.05, 3.63) is 64.7 Å². The summed E-state index contributed by atoms with van der Waals surface area (Å²) in [6.45, 7) is 12.5. The van der Waals surface area contributed by atoms with E-state index in [0.717, 1.165) is 43.2 Å². The molecule has 0 aromatic heterocycles. The first-order chi connectivity index (χ1) is 18.1. The molecule has 2 N–H and O–H groups in total. The Morgan fingerprint density at radius 3 is 2.24 bits per heavy atom. The molecule has 0 spiro atoms. The van der Waals surface area contributed by atoms with Gasteiger partial charge in [0.15, 0.2) is 0 Å². The highest BCUT2D eigenvalue weighted by Gasteiger charge is 2.45. The molecule has 200 valence electrons. The number of carbonyl (C=O) groups is 4. The Kier molecular flexibility index (Phi) is 7.07. The number of nitrogens with zero attached hydrogens (tertiary/aromatic N) is 3. The molecule has 9 heteroatoms. The fourth-order valence-corrected chi connectivity index (χ4v) is 5.46. The second-order valence-electron chi connectivity index (χ2n) is 11.3. The zero-order valence-electron chi connectivity index (χ0n) is 22.3. The topological polar surface area (TPSA) is 102 Å². The normalized spacial score (nSPS) is 21.0. The molecule has 2 aromatic rings. The maximum Gasteiger partial charge on any atom is 0.264 e. The van der Waals surface area contributed by atoms with E-state index >= 15 is 0 Å². The average molecular weight is 518 g/mol. The molecule has 0 aliphatic carbocycles. The van der Waals surface area contributed by atoms with Gasteiger partial charge in [0.05, 0.1) is 11.1 Å². The lowest BCUT2D eigenvalue weighted by Crippen LogP contribution is -2.54. The number of piperazine rings is 1. The highest BCUT2D eigenvalue weighted by molar-refractivity contribution is 6.25. The van der Waals surface area contributed by atoms with E-state index in [-0.39, 0.29) is 35.4 Å². The molecule has 2 saturated heterocycles. The summed E-state index contributed by atoms with van der Waals surface area (Å²) >= 11 is 0. The number of benzene rings is 2. The van der Waals surface area contributed by atoms with Crippen LogP contribution in [0.5, 0.6) is 0 Å². The lowest BCUT2D eigenvalue weighted by atomic mass is 10.0. The number of amides is 4. The molecule has 0 saturated carbocycles. The van der Waals surface area contributed by atoms with Gasteiger partial charge >= 0.3 is 0 Å². The minimum Gasteiger partial charge on any atom is -0.380 e. The van der Waals surface area contributed by atoms with E-state index in [0.29, 0.717) is 12.2 Å². The Morgan fingerprint density at radius 1 is 0.895 bits per heavy atom. The number of fused-ring (bicyclic) bond motifs is 1. The number of hydrogen-bond acceptors (Lipinski definition) is 7. The van der Waals surface area contributed by atoms with Crippen molar-refractivity contribution in [2.75, 3.05) is 31.5 Å². The second kappa shape index (κ2) is 10.3. The summed E-state index contributed by atoms with van der Waals surface area (Å²) in [5.41, 5.74) is 3.62. The highest BCUT2D eigenvalue weighted by atomic mass is 16.2. The number of nitrogens with one attached hydrogen (secondary N) is 2. The van der Waals surface area contributed by atoms with Crippen molar-refractivity contribution in [3.8, 4) is 0 Å². The molecule has 2 fully saturated rings. The van der Waals surface area contributed by atoms with Crippen LogP contribution < -0.4 is 10.6 Å². The van der Waals surface area contributed by atoms with E-state index in [1.165, 1.54) is 5.56 Å². The number of carbonyl (C=O) groups excluding carboxylic acids is 4. The molecule has 3 aliphatic rings. The van der Waals surface area contributed by atoms with Gasteiger partial charge in [-0.3, -0.25) is 39.2 Å². The van der Waals surface area contributed by atoms with Crippen LogP contribution in [-0.4, -0.2) is 76.1 Å². The lowest BCUT2D eigenvalue weighted by molar-refractivity contribution is -0.136. The number of imide groups is 2. The van der Waals surface area contributed by atoms with Gasteiger partial charge in [0.2, 0.25) is 11.8 Å². The van der Waals surface area contributed by atoms with Crippen LogP contribution in [0.1, 0.15) is 65.5 Å². The first kappa shape index (κ1) is 26.1. The zero-order chi connectivity index (χ0) is 27.0. The Balaban J connectivity index is 1.21. The number of piperidine rings is 1. The van der Waals surface area contributed by atoms with E-state index in [4.69, 9.17) is 0 Å². The summed E-state index contributed by atoms with van der Waals surface area (Å²) in [6, 6.07) is 12.6. The molecule has 3 heterocycles. The van der Waals surface area contributed by atoms with Crippen LogP contribution in [0.15, 0.2) is 42.5 Å². The molecule has 1 atom stereocenters. The number of anilines is 1. The predicted octanol–water partition coefficient (Wildman–Crippen LogP) is 2.62.